The normalized spacial score (nSPS) is 8.89. The molecule has 0 aliphatic heterocycles. The van der Waals surface area contributed by atoms with Crippen LogP contribution in [-0.2, 0) is 21.7 Å². The Bertz CT molecular complexity index is 555. The summed E-state index contributed by atoms with van der Waals surface area (Å²) in [5.74, 6) is 0. The molecular weight excluding hydrogens is 299 g/mol. The van der Waals surface area contributed by atoms with Gasteiger partial charge in [-0.15, -0.1) is 34.5 Å². The summed E-state index contributed by atoms with van der Waals surface area (Å²) in [4.78, 5) is 0. The first-order valence-electron chi connectivity index (χ1n) is 5.14. The van der Waals surface area contributed by atoms with E-state index < -0.39 is 0 Å². The molecule has 0 heterocycles. The van der Waals surface area contributed by atoms with Crippen LogP contribution < -0.4 is 24.8 Å². The Balaban J connectivity index is 0.000000963. The summed E-state index contributed by atoms with van der Waals surface area (Å²) in [6, 6.07) is 23.4. The topological polar surface area (TPSA) is 0 Å². The molecule has 0 aliphatic rings. The van der Waals surface area contributed by atoms with E-state index in [9.17, 15) is 0 Å². The van der Waals surface area contributed by atoms with Crippen LogP contribution in [0, 0.1) is 0 Å². The van der Waals surface area contributed by atoms with E-state index in [2.05, 4.69) is 60.7 Å². The largest absolute Gasteiger partial charge is 3.00 e. The summed E-state index contributed by atoms with van der Waals surface area (Å²) in [7, 11) is 0. The second-order valence-corrected chi connectivity index (χ2v) is 3.74. The van der Waals surface area contributed by atoms with Gasteiger partial charge in [0.15, 0.2) is 0 Å². The van der Waals surface area contributed by atoms with Crippen LogP contribution in [0.2, 0.25) is 0 Å². The first-order chi connectivity index (χ1) is 7.43. The van der Waals surface area contributed by atoms with Gasteiger partial charge in [0.1, 0.15) is 0 Å². The first-order valence-corrected chi connectivity index (χ1v) is 5.14. The molecule has 3 aromatic rings. The van der Waals surface area contributed by atoms with E-state index in [-0.39, 0.29) is 46.5 Å². The van der Waals surface area contributed by atoms with E-state index in [1.165, 1.54) is 21.9 Å². The van der Waals surface area contributed by atoms with E-state index in [0.717, 1.165) is 0 Å². The SMILES string of the molecule is [Cl-].[Cl-].[Ti+3].c1ccc(-c2cc3ccccc3[cH-]2)cc1. The van der Waals surface area contributed by atoms with Crippen molar-refractivity contribution in [3.05, 3.63) is 66.7 Å². The van der Waals surface area contributed by atoms with E-state index in [4.69, 9.17) is 0 Å². The maximum atomic E-state index is 2.24. The Labute approximate surface area is 134 Å². The van der Waals surface area contributed by atoms with Gasteiger partial charge in [0.25, 0.3) is 0 Å². The molecule has 0 saturated heterocycles. The van der Waals surface area contributed by atoms with Gasteiger partial charge in [-0.3, -0.25) is 0 Å². The molecule has 0 fully saturated rings. The van der Waals surface area contributed by atoms with Crippen LogP contribution in [0.25, 0.3) is 21.9 Å². The van der Waals surface area contributed by atoms with Crippen molar-refractivity contribution < 1.29 is 46.5 Å². The maximum Gasteiger partial charge on any atom is 3.00 e. The van der Waals surface area contributed by atoms with Gasteiger partial charge in [0, 0.05) is 0 Å². The molecule has 0 bridgehead atoms. The molecule has 0 saturated carbocycles. The average Bonchev–Trinajstić information content (AvgIpc) is 2.74. The van der Waals surface area contributed by atoms with Gasteiger partial charge in [-0.1, -0.05) is 54.1 Å². The summed E-state index contributed by atoms with van der Waals surface area (Å²) in [6.45, 7) is 0. The molecule has 0 aliphatic carbocycles. The Morgan fingerprint density at radius 3 is 2.00 bits per heavy atom. The zero-order chi connectivity index (χ0) is 10.1. The minimum absolute atomic E-state index is 0. The van der Waals surface area contributed by atoms with Gasteiger partial charge in [-0.2, -0.15) is 0 Å². The third-order valence-corrected chi connectivity index (χ3v) is 2.73. The Hall–Kier alpha value is -0.656. The average molecular weight is 310 g/mol. The van der Waals surface area contributed by atoms with Gasteiger partial charge in [-0.25, -0.2) is 0 Å². The molecule has 0 N–H and O–H groups in total. The third-order valence-electron chi connectivity index (χ3n) is 2.73. The molecule has 0 atom stereocenters. The van der Waals surface area contributed by atoms with Crippen molar-refractivity contribution in [2.24, 2.45) is 0 Å². The summed E-state index contributed by atoms with van der Waals surface area (Å²) in [5, 5.41) is 2.63. The van der Waals surface area contributed by atoms with Crippen molar-refractivity contribution in [1.29, 1.82) is 0 Å². The van der Waals surface area contributed by atoms with Crippen molar-refractivity contribution in [1.82, 2.24) is 0 Å². The van der Waals surface area contributed by atoms with Crippen molar-refractivity contribution in [2.45, 2.75) is 0 Å². The van der Waals surface area contributed by atoms with Crippen LogP contribution >= 0.6 is 0 Å². The van der Waals surface area contributed by atoms with E-state index in [0.29, 0.717) is 0 Å². The monoisotopic (exact) mass is 309 g/mol. The molecule has 18 heavy (non-hydrogen) atoms. The number of hydrogen-bond donors (Lipinski definition) is 0. The number of hydrogen-bond acceptors (Lipinski definition) is 0. The predicted molar refractivity (Wildman–Crippen MR) is 65.0 cm³/mol. The van der Waals surface area contributed by atoms with E-state index in [1.54, 1.807) is 0 Å². The summed E-state index contributed by atoms with van der Waals surface area (Å²) in [5.41, 5.74) is 2.59. The fourth-order valence-electron chi connectivity index (χ4n) is 1.95. The molecule has 0 spiro atoms. The molecule has 89 valence electrons. The maximum absolute atomic E-state index is 2.24. The molecule has 1 radical (unpaired) electrons. The van der Waals surface area contributed by atoms with Crippen LogP contribution in [0.1, 0.15) is 0 Å². The Kier molecular flexibility index (Phi) is 7.43. The van der Waals surface area contributed by atoms with Crippen LogP contribution in [-0.4, -0.2) is 0 Å². The molecule has 0 nitrogen and oxygen atoms in total. The zero-order valence-corrected chi connectivity index (χ0v) is 12.7. The standard InChI is InChI=1S/C15H11.2ClH.Ti/c1-2-6-12(7-3-1)15-10-13-8-4-5-9-14(13)11-15;;;/h1-11H;2*1H;/q-1;;;+3/p-2. The number of rotatable bonds is 1. The summed E-state index contributed by atoms with van der Waals surface area (Å²) >= 11 is 0. The number of fused-ring (bicyclic) bond motifs is 1. The van der Waals surface area contributed by atoms with Gasteiger partial charge in [-0.05, 0) is 0 Å². The molecule has 3 rings (SSSR count). The van der Waals surface area contributed by atoms with Crippen molar-refractivity contribution in [3.63, 3.8) is 0 Å². The fraction of sp³-hybridized carbons (Fsp3) is 0. The van der Waals surface area contributed by atoms with Crippen molar-refractivity contribution in [3.8, 4) is 11.1 Å². The van der Waals surface area contributed by atoms with Crippen molar-refractivity contribution >= 4 is 10.8 Å². The Morgan fingerprint density at radius 2 is 1.33 bits per heavy atom. The van der Waals surface area contributed by atoms with E-state index in [1.807, 2.05) is 6.07 Å². The smallest absolute Gasteiger partial charge is 1.00 e. The second kappa shape index (κ2) is 7.71. The van der Waals surface area contributed by atoms with E-state index >= 15 is 0 Å². The van der Waals surface area contributed by atoms with Gasteiger partial charge in [0.05, 0.1) is 0 Å². The van der Waals surface area contributed by atoms with Crippen LogP contribution in [0.3, 0.4) is 0 Å². The zero-order valence-electron chi connectivity index (χ0n) is 9.61. The molecule has 0 amide bonds. The third kappa shape index (κ3) is 3.43. The second-order valence-electron chi connectivity index (χ2n) is 3.74. The van der Waals surface area contributed by atoms with Crippen molar-refractivity contribution in [2.75, 3.05) is 0 Å². The quantitative estimate of drug-likeness (QED) is 0.369. The Morgan fingerprint density at radius 1 is 0.722 bits per heavy atom. The summed E-state index contributed by atoms with van der Waals surface area (Å²) < 4.78 is 0. The molecule has 0 unspecified atom stereocenters. The van der Waals surface area contributed by atoms with Gasteiger partial charge in [0.2, 0.25) is 0 Å². The fourth-order valence-corrected chi connectivity index (χ4v) is 1.95. The first kappa shape index (κ1) is 17.3. The van der Waals surface area contributed by atoms with Crippen LogP contribution in [0.5, 0.6) is 0 Å². The van der Waals surface area contributed by atoms with Crippen LogP contribution in [0.4, 0.5) is 0 Å². The summed E-state index contributed by atoms with van der Waals surface area (Å²) in [6.07, 6.45) is 0. The number of halogens is 2. The number of benzene rings is 2. The molecule has 0 aromatic heterocycles. The predicted octanol–water partition coefficient (Wildman–Crippen LogP) is -1.77. The minimum atomic E-state index is 0. The molecular formula is C15H11Cl2Ti. The minimum Gasteiger partial charge on any atom is -1.00 e. The van der Waals surface area contributed by atoms with Crippen LogP contribution in [0.15, 0.2) is 66.7 Å². The van der Waals surface area contributed by atoms with Gasteiger partial charge >= 0.3 is 21.7 Å². The molecule has 3 heteroatoms. The molecule has 3 aromatic carbocycles. The van der Waals surface area contributed by atoms with Gasteiger partial charge < -0.3 is 24.8 Å².